The van der Waals surface area contributed by atoms with E-state index >= 15 is 0 Å². The van der Waals surface area contributed by atoms with E-state index in [1.165, 1.54) is 16.9 Å². The van der Waals surface area contributed by atoms with Gasteiger partial charge in [-0.05, 0) is 42.3 Å². The zero-order chi connectivity index (χ0) is 13.5. The van der Waals surface area contributed by atoms with E-state index in [9.17, 15) is 0 Å². The molecule has 102 valence electrons. The van der Waals surface area contributed by atoms with Gasteiger partial charge in [0.1, 0.15) is 0 Å². The molecule has 2 rings (SSSR count). The standard InChI is InChI=1S/C17H23NS/c1-3-16(17-10-7-13-19-17)18-12-11-14(2)15-8-5-4-6-9-15/h4-10,13-14,16,18H,3,11-12H2,1-2H3. The summed E-state index contributed by atoms with van der Waals surface area (Å²) in [6, 6.07) is 15.7. The lowest BCUT2D eigenvalue weighted by Gasteiger charge is -2.18. The van der Waals surface area contributed by atoms with Crippen LogP contribution in [0.2, 0.25) is 0 Å². The van der Waals surface area contributed by atoms with Gasteiger partial charge in [-0.25, -0.2) is 0 Å². The van der Waals surface area contributed by atoms with Crippen LogP contribution in [0.1, 0.15) is 49.1 Å². The fourth-order valence-corrected chi connectivity index (χ4v) is 3.24. The molecule has 1 heterocycles. The molecular weight excluding hydrogens is 250 g/mol. The quantitative estimate of drug-likeness (QED) is 0.750. The molecule has 2 aromatic rings. The average molecular weight is 273 g/mol. The molecule has 1 aromatic carbocycles. The van der Waals surface area contributed by atoms with Crippen molar-refractivity contribution in [1.29, 1.82) is 0 Å². The van der Waals surface area contributed by atoms with E-state index in [0.29, 0.717) is 12.0 Å². The first-order valence-electron chi connectivity index (χ1n) is 7.13. The molecule has 2 unspecified atom stereocenters. The topological polar surface area (TPSA) is 12.0 Å². The second kappa shape index (κ2) is 7.46. The Labute approximate surface area is 120 Å². The van der Waals surface area contributed by atoms with Gasteiger partial charge in [0.25, 0.3) is 0 Å². The lowest BCUT2D eigenvalue weighted by atomic mass is 9.98. The van der Waals surface area contributed by atoms with Crippen LogP contribution in [0.15, 0.2) is 47.8 Å². The summed E-state index contributed by atoms with van der Waals surface area (Å²) >= 11 is 1.85. The Bertz CT molecular complexity index is 449. The number of hydrogen-bond donors (Lipinski definition) is 1. The summed E-state index contributed by atoms with van der Waals surface area (Å²) in [5.74, 6) is 0.620. The average Bonchev–Trinajstić information content (AvgIpc) is 2.98. The van der Waals surface area contributed by atoms with Gasteiger partial charge in [-0.15, -0.1) is 11.3 Å². The van der Waals surface area contributed by atoms with Crippen molar-refractivity contribution in [3.63, 3.8) is 0 Å². The smallest absolute Gasteiger partial charge is 0.0412 e. The van der Waals surface area contributed by atoms with Gasteiger partial charge >= 0.3 is 0 Å². The van der Waals surface area contributed by atoms with Crippen LogP contribution in [-0.4, -0.2) is 6.54 Å². The number of nitrogens with one attached hydrogen (secondary N) is 1. The first kappa shape index (κ1) is 14.3. The molecule has 1 nitrogen and oxygen atoms in total. The van der Waals surface area contributed by atoms with E-state index in [-0.39, 0.29) is 0 Å². The van der Waals surface area contributed by atoms with Crippen molar-refractivity contribution in [2.45, 2.75) is 38.6 Å². The second-order valence-corrected chi connectivity index (χ2v) is 6.01. The third kappa shape index (κ3) is 4.19. The fraction of sp³-hybridized carbons (Fsp3) is 0.412. The van der Waals surface area contributed by atoms with Crippen LogP contribution in [0.25, 0.3) is 0 Å². The summed E-state index contributed by atoms with van der Waals surface area (Å²) in [6.07, 6.45) is 2.34. The van der Waals surface area contributed by atoms with Crippen LogP contribution in [0.3, 0.4) is 0 Å². The number of benzene rings is 1. The molecular formula is C17H23NS. The van der Waals surface area contributed by atoms with Gasteiger partial charge in [0.05, 0.1) is 0 Å². The lowest BCUT2D eigenvalue weighted by molar-refractivity contribution is 0.499. The Hall–Kier alpha value is -1.12. The zero-order valence-electron chi connectivity index (χ0n) is 11.8. The fourth-order valence-electron chi connectivity index (χ4n) is 2.36. The molecule has 1 aromatic heterocycles. The van der Waals surface area contributed by atoms with E-state index in [1.807, 2.05) is 11.3 Å². The molecule has 0 fully saturated rings. The summed E-state index contributed by atoms with van der Waals surface area (Å²) in [6.45, 7) is 5.63. The van der Waals surface area contributed by atoms with E-state index in [1.54, 1.807) is 0 Å². The van der Waals surface area contributed by atoms with Crippen LogP contribution >= 0.6 is 11.3 Å². The highest BCUT2D eigenvalue weighted by molar-refractivity contribution is 7.10. The first-order valence-corrected chi connectivity index (χ1v) is 8.01. The Morgan fingerprint density at radius 3 is 2.53 bits per heavy atom. The van der Waals surface area contributed by atoms with E-state index in [0.717, 1.165) is 13.0 Å². The predicted octanol–water partition coefficient (Wildman–Crippen LogP) is 4.98. The van der Waals surface area contributed by atoms with E-state index in [4.69, 9.17) is 0 Å². The van der Waals surface area contributed by atoms with Gasteiger partial charge in [0, 0.05) is 10.9 Å². The van der Waals surface area contributed by atoms with Crippen LogP contribution in [0, 0.1) is 0 Å². The molecule has 2 atom stereocenters. The minimum atomic E-state index is 0.517. The summed E-state index contributed by atoms with van der Waals surface area (Å²) in [5, 5.41) is 5.84. The maximum atomic E-state index is 3.68. The van der Waals surface area contributed by atoms with Crippen molar-refractivity contribution in [3.8, 4) is 0 Å². The summed E-state index contributed by atoms with van der Waals surface area (Å²) in [4.78, 5) is 1.45. The van der Waals surface area contributed by atoms with E-state index in [2.05, 4.69) is 67.0 Å². The number of rotatable bonds is 7. The molecule has 0 saturated carbocycles. The third-order valence-electron chi connectivity index (χ3n) is 3.63. The van der Waals surface area contributed by atoms with Crippen LogP contribution in [-0.2, 0) is 0 Å². The van der Waals surface area contributed by atoms with Crippen molar-refractivity contribution in [2.75, 3.05) is 6.54 Å². The van der Waals surface area contributed by atoms with Crippen molar-refractivity contribution in [3.05, 3.63) is 58.3 Å². The largest absolute Gasteiger partial charge is 0.309 e. The van der Waals surface area contributed by atoms with Gasteiger partial charge in [-0.1, -0.05) is 50.2 Å². The Morgan fingerprint density at radius 1 is 1.11 bits per heavy atom. The molecule has 19 heavy (non-hydrogen) atoms. The summed E-state index contributed by atoms with van der Waals surface area (Å²) in [5.41, 5.74) is 1.44. The highest BCUT2D eigenvalue weighted by Crippen LogP contribution is 2.23. The monoisotopic (exact) mass is 273 g/mol. The maximum Gasteiger partial charge on any atom is 0.0412 e. The molecule has 0 aliphatic heterocycles. The molecule has 0 amide bonds. The van der Waals surface area contributed by atoms with Gasteiger partial charge in [0.15, 0.2) is 0 Å². The SMILES string of the molecule is CCC(NCCC(C)c1ccccc1)c1cccs1. The second-order valence-electron chi connectivity index (χ2n) is 5.03. The van der Waals surface area contributed by atoms with Gasteiger partial charge in [-0.2, -0.15) is 0 Å². The molecule has 1 N–H and O–H groups in total. The minimum Gasteiger partial charge on any atom is -0.309 e. The van der Waals surface area contributed by atoms with Gasteiger partial charge < -0.3 is 5.32 Å². The molecule has 0 aliphatic carbocycles. The highest BCUT2D eigenvalue weighted by atomic mass is 32.1. The van der Waals surface area contributed by atoms with Crippen LogP contribution in [0.5, 0.6) is 0 Å². The van der Waals surface area contributed by atoms with Crippen molar-refractivity contribution in [1.82, 2.24) is 5.32 Å². The van der Waals surface area contributed by atoms with Crippen molar-refractivity contribution in [2.24, 2.45) is 0 Å². The van der Waals surface area contributed by atoms with Gasteiger partial charge in [-0.3, -0.25) is 0 Å². The third-order valence-corrected chi connectivity index (χ3v) is 4.62. The van der Waals surface area contributed by atoms with Gasteiger partial charge in [0.2, 0.25) is 0 Å². The molecule has 0 bridgehead atoms. The molecule has 0 saturated heterocycles. The lowest BCUT2D eigenvalue weighted by Crippen LogP contribution is -2.22. The highest BCUT2D eigenvalue weighted by Gasteiger charge is 2.10. The molecule has 0 radical (unpaired) electrons. The van der Waals surface area contributed by atoms with Crippen LogP contribution < -0.4 is 5.32 Å². The Kier molecular flexibility index (Phi) is 5.62. The Morgan fingerprint density at radius 2 is 1.89 bits per heavy atom. The van der Waals surface area contributed by atoms with Crippen molar-refractivity contribution >= 4 is 11.3 Å². The predicted molar refractivity (Wildman–Crippen MR) is 84.8 cm³/mol. The first-order chi connectivity index (χ1) is 9.31. The summed E-state index contributed by atoms with van der Waals surface area (Å²) in [7, 11) is 0. The maximum absolute atomic E-state index is 3.68. The number of thiophene rings is 1. The molecule has 2 heteroatoms. The van der Waals surface area contributed by atoms with Crippen molar-refractivity contribution < 1.29 is 0 Å². The van der Waals surface area contributed by atoms with E-state index < -0.39 is 0 Å². The normalized spacial score (nSPS) is 14.2. The van der Waals surface area contributed by atoms with Crippen LogP contribution in [0.4, 0.5) is 0 Å². The molecule has 0 aliphatic rings. The summed E-state index contributed by atoms with van der Waals surface area (Å²) < 4.78 is 0. The minimum absolute atomic E-state index is 0.517. The Balaban J connectivity index is 1.80. The number of hydrogen-bond acceptors (Lipinski definition) is 2. The molecule has 0 spiro atoms. The zero-order valence-corrected chi connectivity index (χ0v) is 12.6.